The van der Waals surface area contributed by atoms with E-state index < -0.39 is 16.0 Å². The van der Waals surface area contributed by atoms with Crippen molar-refractivity contribution in [2.75, 3.05) is 29.0 Å². The molecule has 0 radical (unpaired) electrons. The average molecular weight is 467 g/mol. The smallest absolute Gasteiger partial charge is 0.339 e. The largest absolute Gasteiger partial charge is 0.462 e. The van der Waals surface area contributed by atoms with Crippen LogP contribution in [0.5, 0.6) is 0 Å². The van der Waals surface area contributed by atoms with E-state index in [1.807, 2.05) is 26.0 Å². The first kappa shape index (κ1) is 24.7. The number of hydrogen-bond donors (Lipinski definition) is 1. The SMILES string of the molecule is CCOC(=O)c1ccc(NC(=O)CCCN(c2cccc(C)c2C)S(C)(=O)=O)cc1Cl. The first-order valence-corrected chi connectivity index (χ1v) is 12.1. The molecule has 0 saturated carbocycles. The van der Waals surface area contributed by atoms with Crippen molar-refractivity contribution in [3.05, 3.63) is 58.1 Å². The van der Waals surface area contributed by atoms with E-state index in [1.54, 1.807) is 19.1 Å². The fourth-order valence-corrected chi connectivity index (χ4v) is 4.32. The van der Waals surface area contributed by atoms with Gasteiger partial charge in [-0.25, -0.2) is 13.2 Å². The van der Waals surface area contributed by atoms with Crippen molar-refractivity contribution >= 4 is 44.9 Å². The van der Waals surface area contributed by atoms with Gasteiger partial charge in [-0.05, 0) is 62.6 Å². The number of benzene rings is 2. The number of aryl methyl sites for hydroxylation is 1. The average Bonchev–Trinajstić information content (AvgIpc) is 2.67. The molecule has 1 N–H and O–H groups in total. The van der Waals surface area contributed by atoms with E-state index in [-0.39, 0.29) is 36.1 Å². The van der Waals surface area contributed by atoms with E-state index in [0.29, 0.717) is 17.8 Å². The molecule has 0 aliphatic heterocycles. The molecule has 0 aromatic heterocycles. The summed E-state index contributed by atoms with van der Waals surface area (Å²) in [6.45, 7) is 5.91. The van der Waals surface area contributed by atoms with Crippen LogP contribution in [0, 0.1) is 13.8 Å². The van der Waals surface area contributed by atoms with Crippen LogP contribution < -0.4 is 9.62 Å². The molecule has 0 heterocycles. The van der Waals surface area contributed by atoms with Gasteiger partial charge in [0.2, 0.25) is 15.9 Å². The van der Waals surface area contributed by atoms with Crippen molar-refractivity contribution in [2.45, 2.75) is 33.6 Å². The summed E-state index contributed by atoms with van der Waals surface area (Å²) >= 11 is 6.11. The van der Waals surface area contributed by atoms with Gasteiger partial charge in [0.1, 0.15) is 0 Å². The first-order chi connectivity index (χ1) is 14.5. The normalized spacial score (nSPS) is 11.1. The van der Waals surface area contributed by atoms with Gasteiger partial charge >= 0.3 is 5.97 Å². The van der Waals surface area contributed by atoms with Gasteiger partial charge in [-0.1, -0.05) is 23.7 Å². The van der Waals surface area contributed by atoms with Crippen LogP contribution in [-0.4, -0.2) is 39.7 Å². The van der Waals surface area contributed by atoms with Crippen LogP contribution in [0.1, 0.15) is 41.3 Å². The molecule has 0 bridgehead atoms. The minimum Gasteiger partial charge on any atom is -0.462 e. The quantitative estimate of drug-likeness (QED) is 0.555. The maximum absolute atomic E-state index is 12.3. The maximum atomic E-state index is 12.3. The lowest BCUT2D eigenvalue weighted by Gasteiger charge is -2.24. The zero-order valence-corrected chi connectivity index (χ0v) is 19.6. The zero-order valence-electron chi connectivity index (χ0n) is 18.1. The fraction of sp³-hybridized carbons (Fsp3) is 0.364. The van der Waals surface area contributed by atoms with Crippen molar-refractivity contribution in [3.63, 3.8) is 0 Å². The summed E-state index contributed by atoms with van der Waals surface area (Å²) in [6.07, 6.45) is 1.61. The second-order valence-electron chi connectivity index (χ2n) is 7.12. The molecule has 168 valence electrons. The Labute approximate surface area is 188 Å². The molecule has 0 atom stereocenters. The Balaban J connectivity index is 2.01. The van der Waals surface area contributed by atoms with Crippen molar-refractivity contribution in [1.82, 2.24) is 0 Å². The summed E-state index contributed by atoms with van der Waals surface area (Å²) in [6, 6.07) is 10.0. The van der Waals surface area contributed by atoms with Crippen molar-refractivity contribution in [1.29, 1.82) is 0 Å². The Hall–Kier alpha value is -2.58. The predicted molar refractivity (Wildman–Crippen MR) is 123 cm³/mol. The number of carbonyl (C=O) groups is 2. The number of nitrogens with zero attached hydrogens (tertiary/aromatic N) is 1. The fourth-order valence-electron chi connectivity index (χ4n) is 3.04. The number of amides is 1. The number of nitrogens with one attached hydrogen (secondary N) is 1. The number of anilines is 2. The summed E-state index contributed by atoms with van der Waals surface area (Å²) in [5.74, 6) is -0.813. The molecule has 0 aliphatic carbocycles. The molecule has 0 unspecified atom stereocenters. The maximum Gasteiger partial charge on any atom is 0.339 e. The van der Waals surface area contributed by atoms with Gasteiger partial charge in [-0.15, -0.1) is 0 Å². The van der Waals surface area contributed by atoms with Crippen molar-refractivity contribution < 1.29 is 22.7 Å². The number of carbonyl (C=O) groups excluding carboxylic acids is 2. The lowest BCUT2D eigenvalue weighted by Crippen LogP contribution is -2.32. The van der Waals surface area contributed by atoms with E-state index >= 15 is 0 Å². The van der Waals surface area contributed by atoms with Gasteiger partial charge in [-0.2, -0.15) is 0 Å². The van der Waals surface area contributed by atoms with Crippen LogP contribution in [0.25, 0.3) is 0 Å². The molecule has 31 heavy (non-hydrogen) atoms. The van der Waals surface area contributed by atoms with Crippen LogP contribution in [0.2, 0.25) is 5.02 Å². The molecule has 0 spiro atoms. The number of rotatable bonds is 9. The standard InChI is InChI=1S/C22H27ClN2O5S/c1-5-30-22(27)18-12-11-17(14-19(18)23)24-21(26)10-7-13-25(31(4,28)29)20-9-6-8-15(2)16(20)3/h6,8-9,11-12,14H,5,7,10,13H2,1-4H3,(H,24,26). The van der Waals surface area contributed by atoms with Crippen LogP contribution in [0.4, 0.5) is 11.4 Å². The molecule has 1 amide bonds. The second kappa shape index (κ2) is 10.6. The molecule has 7 nitrogen and oxygen atoms in total. The number of hydrogen-bond acceptors (Lipinski definition) is 5. The van der Waals surface area contributed by atoms with Crippen LogP contribution in [-0.2, 0) is 19.6 Å². The molecule has 2 rings (SSSR count). The van der Waals surface area contributed by atoms with E-state index in [1.165, 1.54) is 16.4 Å². The second-order valence-corrected chi connectivity index (χ2v) is 9.44. The predicted octanol–water partition coefficient (Wildman–Crippen LogP) is 4.32. The third kappa shape index (κ3) is 6.70. The van der Waals surface area contributed by atoms with Crippen LogP contribution in [0.15, 0.2) is 36.4 Å². The molecule has 2 aromatic carbocycles. The highest BCUT2D eigenvalue weighted by Gasteiger charge is 2.20. The summed E-state index contributed by atoms with van der Waals surface area (Å²) in [4.78, 5) is 24.1. The van der Waals surface area contributed by atoms with Gasteiger partial charge < -0.3 is 10.1 Å². The Morgan fingerprint density at radius 1 is 1.16 bits per heavy atom. The van der Waals surface area contributed by atoms with Crippen molar-refractivity contribution in [3.8, 4) is 0 Å². The lowest BCUT2D eigenvalue weighted by atomic mass is 10.1. The summed E-state index contributed by atoms with van der Waals surface area (Å²) in [5, 5.41) is 2.89. The monoisotopic (exact) mass is 466 g/mol. The summed E-state index contributed by atoms with van der Waals surface area (Å²) in [5.41, 5.74) is 3.15. The van der Waals surface area contributed by atoms with E-state index in [0.717, 1.165) is 17.4 Å². The van der Waals surface area contributed by atoms with Gasteiger partial charge in [0, 0.05) is 18.7 Å². The third-order valence-corrected chi connectivity index (χ3v) is 6.25. The number of esters is 1. The van der Waals surface area contributed by atoms with Gasteiger partial charge in [0.15, 0.2) is 0 Å². The third-order valence-electron chi connectivity index (χ3n) is 4.76. The van der Waals surface area contributed by atoms with Crippen molar-refractivity contribution in [2.24, 2.45) is 0 Å². The number of halogens is 1. The summed E-state index contributed by atoms with van der Waals surface area (Å²) < 4.78 is 30.9. The molecule has 0 saturated heterocycles. The lowest BCUT2D eigenvalue weighted by molar-refractivity contribution is -0.116. The summed E-state index contributed by atoms with van der Waals surface area (Å²) in [7, 11) is -3.50. The molecule has 0 aliphatic rings. The molecule has 2 aromatic rings. The van der Waals surface area contributed by atoms with Gasteiger partial charge in [0.05, 0.1) is 29.1 Å². The molecule has 0 fully saturated rings. The minimum absolute atomic E-state index is 0.119. The first-order valence-electron chi connectivity index (χ1n) is 9.85. The van der Waals surface area contributed by atoms with Crippen LogP contribution >= 0.6 is 11.6 Å². The zero-order chi connectivity index (χ0) is 23.2. The minimum atomic E-state index is -3.50. The molecular weight excluding hydrogens is 440 g/mol. The van der Waals surface area contributed by atoms with Gasteiger partial charge in [0.25, 0.3) is 0 Å². The Morgan fingerprint density at radius 2 is 1.87 bits per heavy atom. The highest BCUT2D eigenvalue weighted by atomic mass is 35.5. The number of sulfonamides is 1. The topological polar surface area (TPSA) is 92.8 Å². The molecular formula is C22H27ClN2O5S. The highest BCUT2D eigenvalue weighted by Crippen LogP contribution is 2.26. The Kier molecular flexibility index (Phi) is 8.47. The van der Waals surface area contributed by atoms with Crippen LogP contribution in [0.3, 0.4) is 0 Å². The van der Waals surface area contributed by atoms with E-state index in [4.69, 9.17) is 16.3 Å². The Bertz CT molecular complexity index is 1070. The number of ether oxygens (including phenoxy) is 1. The highest BCUT2D eigenvalue weighted by molar-refractivity contribution is 7.92. The van der Waals surface area contributed by atoms with Gasteiger partial charge in [-0.3, -0.25) is 9.10 Å². The molecule has 9 heteroatoms. The van der Waals surface area contributed by atoms with E-state index in [9.17, 15) is 18.0 Å². The Morgan fingerprint density at radius 3 is 2.48 bits per heavy atom. The van der Waals surface area contributed by atoms with E-state index in [2.05, 4.69) is 5.32 Å².